The number of fused-ring (bicyclic) bond motifs is 6. The normalized spacial score (nSPS) is 11.1. The summed E-state index contributed by atoms with van der Waals surface area (Å²) in [6.07, 6.45) is 0. The minimum Gasteiger partial charge on any atom is -0.309 e. The second-order valence-electron chi connectivity index (χ2n) is 9.14. The summed E-state index contributed by atoms with van der Waals surface area (Å²) < 4.78 is 4.45. The summed E-state index contributed by atoms with van der Waals surface area (Å²) >= 11 is 0. The third-order valence-electron chi connectivity index (χ3n) is 7.16. The molecule has 0 N–H and O–H groups in total. The van der Waals surface area contributed by atoms with Crippen LogP contribution in [0.3, 0.4) is 0 Å². The molecule has 7 rings (SSSR count). The molecule has 0 saturated heterocycles. The lowest BCUT2D eigenvalue weighted by Crippen LogP contribution is -1.96. The van der Waals surface area contributed by atoms with Crippen molar-refractivity contribution < 1.29 is 0 Å². The number of benzene rings is 5. The van der Waals surface area contributed by atoms with E-state index in [1.807, 2.05) is 72.8 Å². The number of rotatable bonds is 2. The van der Waals surface area contributed by atoms with Gasteiger partial charge in [0.25, 0.3) is 0 Å². The van der Waals surface area contributed by atoms with Gasteiger partial charge in [0.05, 0.1) is 52.5 Å². The first-order chi connectivity index (χ1) is 18.7. The predicted molar refractivity (Wildman–Crippen MR) is 152 cm³/mol. The number of nitriles is 1. The molecule has 2 aromatic heterocycles. The van der Waals surface area contributed by atoms with Crippen molar-refractivity contribution in [1.29, 1.82) is 5.26 Å². The summed E-state index contributed by atoms with van der Waals surface area (Å²) in [5.74, 6) is 0. The van der Waals surface area contributed by atoms with Gasteiger partial charge in [-0.3, -0.25) is 0 Å². The minimum atomic E-state index is 0.579. The maximum absolute atomic E-state index is 9.30. The Morgan fingerprint density at radius 3 is 1.92 bits per heavy atom. The first kappa shape index (κ1) is 21.5. The SMILES string of the molecule is [C-]#[N+]c1ccc2c(c1)c1ccccc1n2-c1cccc2c1c1cc([N+]#[C-])ccc1n2-c1ccc(C#N)cc1. The monoisotopic (exact) mass is 483 g/mol. The van der Waals surface area contributed by atoms with Gasteiger partial charge >= 0.3 is 0 Å². The largest absolute Gasteiger partial charge is 0.309 e. The van der Waals surface area contributed by atoms with Crippen LogP contribution in [0.25, 0.3) is 64.7 Å². The predicted octanol–water partition coefficient (Wildman–Crippen LogP) is 8.85. The van der Waals surface area contributed by atoms with E-state index in [0.29, 0.717) is 16.9 Å². The van der Waals surface area contributed by atoms with Crippen molar-refractivity contribution in [3.63, 3.8) is 0 Å². The Morgan fingerprint density at radius 1 is 0.579 bits per heavy atom. The Bertz CT molecular complexity index is 2210. The van der Waals surface area contributed by atoms with E-state index in [4.69, 9.17) is 13.1 Å². The molecule has 5 aromatic carbocycles. The van der Waals surface area contributed by atoms with Crippen molar-refractivity contribution in [2.45, 2.75) is 0 Å². The van der Waals surface area contributed by atoms with E-state index in [1.54, 1.807) is 0 Å². The highest BCUT2D eigenvalue weighted by molar-refractivity contribution is 6.17. The molecule has 174 valence electrons. The average molecular weight is 484 g/mol. The van der Waals surface area contributed by atoms with Gasteiger partial charge in [0.2, 0.25) is 0 Å². The van der Waals surface area contributed by atoms with Crippen LogP contribution >= 0.6 is 0 Å². The number of hydrogen-bond donors (Lipinski definition) is 0. The van der Waals surface area contributed by atoms with E-state index < -0.39 is 0 Å². The summed E-state index contributed by atoms with van der Waals surface area (Å²) in [6.45, 7) is 15.2. The Hall–Kier alpha value is -5.83. The van der Waals surface area contributed by atoms with Crippen LogP contribution in [0.2, 0.25) is 0 Å². The van der Waals surface area contributed by atoms with Crippen molar-refractivity contribution in [2.24, 2.45) is 0 Å². The number of nitrogens with zero attached hydrogens (tertiary/aromatic N) is 5. The average Bonchev–Trinajstić information content (AvgIpc) is 3.49. The zero-order chi connectivity index (χ0) is 25.8. The molecule has 0 aliphatic carbocycles. The van der Waals surface area contributed by atoms with E-state index in [0.717, 1.165) is 55.0 Å². The Morgan fingerprint density at radius 2 is 1.21 bits per heavy atom. The Labute approximate surface area is 218 Å². The first-order valence-electron chi connectivity index (χ1n) is 12.1. The minimum absolute atomic E-state index is 0.579. The van der Waals surface area contributed by atoms with Crippen LogP contribution in [0.15, 0.2) is 103 Å². The fourth-order valence-electron chi connectivity index (χ4n) is 5.55. The van der Waals surface area contributed by atoms with Crippen molar-refractivity contribution in [3.05, 3.63) is 132 Å². The molecule has 0 bridgehead atoms. The highest BCUT2D eigenvalue weighted by Crippen LogP contribution is 2.41. The number of hydrogen-bond acceptors (Lipinski definition) is 1. The molecule has 5 heteroatoms. The summed E-state index contributed by atoms with van der Waals surface area (Å²) in [7, 11) is 0. The maximum atomic E-state index is 9.30. The smallest absolute Gasteiger partial charge is 0.188 e. The van der Waals surface area contributed by atoms with Crippen molar-refractivity contribution in [3.8, 4) is 17.4 Å². The summed E-state index contributed by atoms with van der Waals surface area (Å²) in [5, 5.41) is 13.4. The van der Waals surface area contributed by atoms with E-state index in [1.165, 1.54) is 0 Å². The number of aromatic nitrogens is 2. The van der Waals surface area contributed by atoms with Gasteiger partial charge in [0.15, 0.2) is 11.4 Å². The molecular weight excluding hydrogens is 466 g/mol. The van der Waals surface area contributed by atoms with Gasteiger partial charge in [-0.2, -0.15) is 5.26 Å². The summed E-state index contributed by atoms with van der Waals surface area (Å²) in [4.78, 5) is 7.37. The van der Waals surface area contributed by atoms with Crippen molar-refractivity contribution in [1.82, 2.24) is 9.13 Å². The van der Waals surface area contributed by atoms with Crippen molar-refractivity contribution >= 4 is 55.0 Å². The summed E-state index contributed by atoms with van der Waals surface area (Å²) in [6, 6.07) is 35.9. The van der Waals surface area contributed by atoms with Gasteiger partial charge in [0, 0.05) is 16.5 Å². The molecule has 0 aliphatic heterocycles. The second-order valence-corrected chi connectivity index (χ2v) is 9.14. The Kier molecular flexibility index (Phi) is 4.57. The molecule has 38 heavy (non-hydrogen) atoms. The molecule has 7 aromatic rings. The van der Waals surface area contributed by atoms with Crippen LogP contribution in [0, 0.1) is 24.5 Å². The lowest BCUT2D eigenvalue weighted by Gasteiger charge is -2.11. The number of para-hydroxylation sites is 1. The molecule has 5 nitrogen and oxygen atoms in total. The second kappa shape index (κ2) is 8.10. The van der Waals surface area contributed by atoms with Crippen LogP contribution in [0.5, 0.6) is 0 Å². The fourth-order valence-corrected chi connectivity index (χ4v) is 5.55. The molecule has 0 atom stereocenters. The molecule has 2 heterocycles. The van der Waals surface area contributed by atoms with Gasteiger partial charge in [0.1, 0.15) is 0 Å². The molecular formula is C33H17N5. The highest BCUT2D eigenvalue weighted by Gasteiger charge is 2.20. The van der Waals surface area contributed by atoms with Gasteiger partial charge in [-0.15, -0.1) is 0 Å². The van der Waals surface area contributed by atoms with Crippen LogP contribution in [-0.2, 0) is 0 Å². The van der Waals surface area contributed by atoms with Crippen molar-refractivity contribution in [2.75, 3.05) is 0 Å². The van der Waals surface area contributed by atoms with Gasteiger partial charge in [-0.05, 0) is 77.5 Å². The molecule has 0 aliphatic rings. The fraction of sp³-hybridized carbons (Fsp3) is 0. The first-order valence-corrected chi connectivity index (χ1v) is 12.1. The molecule has 0 saturated carbocycles. The van der Waals surface area contributed by atoms with E-state index in [9.17, 15) is 5.26 Å². The topological polar surface area (TPSA) is 42.4 Å². The lowest BCUT2D eigenvalue weighted by molar-refractivity contribution is 1.17. The van der Waals surface area contributed by atoms with Gasteiger partial charge < -0.3 is 9.13 Å². The highest BCUT2D eigenvalue weighted by atomic mass is 15.0. The van der Waals surface area contributed by atoms with Crippen LogP contribution in [0.1, 0.15) is 5.56 Å². The molecule has 0 fully saturated rings. The van der Waals surface area contributed by atoms with Crippen LogP contribution in [-0.4, -0.2) is 9.13 Å². The Balaban J connectivity index is 1.66. The van der Waals surface area contributed by atoms with E-state index >= 15 is 0 Å². The quantitative estimate of drug-likeness (QED) is 0.226. The lowest BCUT2D eigenvalue weighted by atomic mass is 10.1. The third-order valence-corrected chi connectivity index (χ3v) is 7.16. The van der Waals surface area contributed by atoms with Crippen LogP contribution < -0.4 is 0 Å². The van der Waals surface area contributed by atoms with Gasteiger partial charge in [-0.1, -0.05) is 36.4 Å². The van der Waals surface area contributed by atoms with E-state index in [-0.39, 0.29) is 0 Å². The molecule has 0 amide bonds. The maximum Gasteiger partial charge on any atom is 0.188 e. The zero-order valence-corrected chi connectivity index (χ0v) is 20.1. The van der Waals surface area contributed by atoms with Gasteiger partial charge in [-0.25, -0.2) is 9.69 Å². The molecule has 0 radical (unpaired) electrons. The van der Waals surface area contributed by atoms with Crippen LogP contribution in [0.4, 0.5) is 11.4 Å². The standard InChI is InChI=1S/C33H17N5/c1-35-22-12-16-29-26(18-22)25-6-3-4-7-28(25)38(29)32-9-5-8-31-33(32)27-19-23(36-2)13-17-30(27)37(31)24-14-10-21(20-34)11-15-24/h3-19H. The molecule has 0 unspecified atom stereocenters. The summed E-state index contributed by atoms with van der Waals surface area (Å²) in [5.41, 5.74) is 7.81. The van der Waals surface area contributed by atoms with E-state index in [2.05, 4.69) is 55.2 Å². The molecule has 0 spiro atoms. The third kappa shape index (κ3) is 2.96. The zero-order valence-electron chi connectivity index (χ0n) is 20.1.